The molecule has 2 aliphatic rings. The van der Waals surface area contributed by atoms with Crippen molar-refractivity contribution in [3.8, 4) is 17.2 Å². The number of rotatable bonds is 7. The second-order valence-corrected chi connectivity index (χ2v) is 9.92. The summed E-state index contributed by atoms with van der Waals surface area (Å²) < 4.78 is 31.2. The number of hydrogen-bond acceptors (Lipinski definition) is 6. The van der Waals surface area contributed by atoms with Crippen LogP contribution in [0.2, 0.25) is 0 Å². The van der Waals surface area contributed by atoms with Gasteiger partial charge in [-0.05, 0) is 82.3 Å². The fourth-order valence-electron chi connectivity index (χ4n) is 5.37. The molecule has 1 fully saturated rings. The topological polar surface area (TPSA) is 72.1 Å². The van der Waals surface area contributed by atoms with Crippen molar-refractivity contribution in [2.75, 3.05) is 51.6 Å². The number of fused-ring (bicyclic) bond motifs is 1. The van der Waals surface area contributed by atoms with Gasteiger partial charge in [-0.15, -0.1) is 0 Å². The van der Waals surface area contributed by atoms with Gasteiger partial charge >= 0.3 is 0 Å². The molecule has 0 bridgehead atoms. The molecule has 1 atom stereocenters. The number of carbonyl (C=O) groups is 1. The minimum absolute atomic E-state index is 0.0830. The number of piperidine rings is 1. The van der Waals surface area contributed by atoms with Crippen LogP contribution in [0.4, 0.5) is 15.8 Å². The highest BCUT2D eigenvalue weighted by Crippen LogP contribution is 2.40. The number of anilines is 2. The van der Waals surface area contributed by atoms with Gasteiger partial charge in [0.25, 0.3) is 0 Å². The van der Waals surface area contributed by atoms with Crippen LogP contribution in [0, 0.1) is 11.7 Å². The number of halogens is 1. The highest BCUT2D eigenvalue weighted by Gasteiger charge is 2.28. The van der Waals surface area contributed by atoms with E-state index in [1.807, 2.05) is 12.1 Å². The van der Waals surface area contributed by atoms with Crippen LogP contribution in [0.15, 0.2) is 24.3 Å². The highest BCUT2D eigenvalue weighted by molar-refractivity contribution is 5.93. The maximum Gasteiger partial charge on any atom is 0.229 e. The summed E-state index contributed by atoms with van der Waals surface area (Å²) in [6.07, 6.45) is 3.08. The van der Waals surface area contributed by atoms with E-state index in [0.717, 1.165) is 42.9 Å². The van der Waals surface area contributed by atoms with Gasteiger partial charge in [0.15, 0.2) is 17.3 Å². The van der Waals surface area contributed by atoms with Gasteiger partial charge < -0.3 is 29.7 Å². The zero-order chi connectivity index (χ0) is 25.8. The third-order valence-electron chi connectivity index (χ3n) is 7.56. The summed E-state index contributed by atoms with van der Waals surface area (Å²) >= 11 is 0. The van der Waals surface area contributed by atoms with Crippen LogP contribution >= 0.6 is 0 Å². The number of ether oxygens (including phenoxy) is 3. The van der Waals surface area contributed by atoms with E-state index in [1.54, 1.807) is 13.2 Å². The largest absolute Gasteiger partial charge is 0.496 e. The average Bonchev–Trinajstić information content (AvgIpc) is 3.11. The predicted molar refractivity (Wildman–Crippen MR) is 140 cm³/mol. The number of carbonyl (C=O) groups excluding carboxylic acids is 1. The Morgan fingerprint density at radius 1 is 1.06 bits per heavy atom. The summed E-state index contributed by atoms with van der Waals surface area (Å²) in [4.78, 5) is 15.7. The minimum Gasteiger partial charge on any atom is -0.496 e. The van der Waals surface area contributed by atoms with E-state index >= 15 is 4.39 Å². The lowest BCUT2D eigenvalue weighted by molar-refractivity contribution is -0.119. The molecule has 1 unspecified atom stereocenters. The third kappa shape index (κ3) is 5.38. The van der Waals surface area contributed by atoms with Crippen LogP contribution in [0.25, 0.3) is 0 Å². The van der Waals surface area contributed by atoms with Crippen LogP contribution in [-0.4, -0.2) is 57.8 Å². The smallest absolute Gasteiger partial charge is 0.229 e. The maximum absolute atomic E-state index is 15.1. The van der Waals surface area contributed by atoms with Crippen LogP contribution in [0.1, 0.15) is 50.2 Å². The van der Waals surface area contributed by atoms with Gasteiger partial charge in [-0.2, -0.15) is 0 Å². The third-order valence-corrected chi connectivity index (χ3v) is 7.56. The van der Waals surface area contributed by atoms with Crippen LogP contribution in [0.3, 0.4) is 0 Å². The zero-order valence-corrected chi connectivity index (χ0v) is 21.9. The lowest BCUT2D eigenvalue weighted by Gasteiger charge is -2.35. The van der Waals surface area contributed by atoms with Crippen molar-refractivity contribution in [1.29, 1.82) is 0 Å². The highest BCUT2D eigenvalue weighted by atomic mass is 19.1. The van der Waals surface area contributed by atoms with Crippen molar-refractivity contribution in [2.24, 2.45) is 5.92 Å². The minimum atomic E-state index is -0.441. The molecule has 0 radical (unpaired) electrons. The van der Waals surface area contributed by atoms with Gasteiger partial charge in [0, 0.05) is 35.6 Å². The molecule has 196 valence electrons. The second-order valence-electron chi connectivity index (χ2n) is 9.92. The molecule has 0 saturated carbocycles. The summed E-state index contributed by atoms with van der Waals surface area (Å²) in [6, 6.07) is 8.17. The normalized spacial score (nSPS) is 18.7. The van der Waals surface area contributed by atoms with E-state index in [2.05, 4.69) is 35.4 Å². The van der Waals surface area contributed by atoms with Crippen molar-refractivity contribution in [3.05, 3.63) is 41.2 Å². The fourth-order valence-corrected chi connectivity index (χ4v) is 5.37. The van der Waals surface area contributed by atoms with Crippen molar-refractivity contribution in [3.63, 3.8) is 0 Å². The number of amides is 1. The Labute approximate surface area is 213 Å². The number of hydrogen-bond donors (Lipinski definition) is 2. The van der Waals surface area contributed by atoms with E-state index < -0.39 is 5.82 Å². The molecule has 2 aromatic carbocycles. The molecule has 1 saturated heterocycles. The standard InChI is InChI=1S/C28H38FN3O4/c1-17(2)32-12-10-18(11-13-32)22-14-20(7-9-24(22)34-3)31-28(33)19-6-8-21-23(30-16-19)15-25(35-4)27(36-5)26(21)29/h7,9,14-15,17-19,30H,6,8,10-13,16H2,1-5H3,(H,31,33). The van der Waals surface area contributed by atoms with E-state index in [1.165, 1.54) is 14.2 Å². The molecule has 2 aromatic rings. The van der Waals surface area contributed by atoms with E-state index in [0.29, 0.717) is 48.3 Å². The molecule has 0 spiro atoms. The van der Waals surface area contributed by atoms with Crippen LogP contribution in [-0.2, 0) is 11.2 Å². The second kappa shape index (κ2) is 11.4. The monoisotopic (exact) mass is 499 g/mol. The molecular formula is C28H38FN3O4. The Balaban J connectivity index is 1.46. The number of nitrogens with zero attached hydrogens (tertiary/aromatic N) is 1. The summed E-state index contributed by atoms with van der Waals surface area (Å²) in [5.74, 6) is 0.840. The molecule has 0 aromatic heterocycles. The van der Waals surface area contributed by atoms with E-state index in [-0.39, 0.29) is 17.6 Å². The van der Waals surface area contributed by atoms with Crippen LogP contribution < -0.4 is 24.8 Å². The lowest BCUT2D eigenvalue weighted by Crippen LogP contribution is -2.37. The SMILES string of the molecule is COc1ccc(NC(=O)C2CCc3c(cc(OC)c(OC)c3F)NC2)cc1C1CCN(C(C)C)CC1. The maximum atomic E-state index is 15.1. The Morgan fingerprint density at radius 2 is 1.78 bits per heavy atom. The van der Waals surface area contributed by atoms with Crippen molar-refractivity contribution in [1.82, 2.24) is 4.90 Å². The molecule has 36 heavy (non-hydrogen) atoms. The molecular weight excluding hydrogens is 461 g/mol. The van der Waals surface area contributed by atoms with Crippen molar-refractivity contribution >= 4 is 17.3 Å². The van der Waals surface area contributed by atoms with Gasteiger partial charge in [0.1, 0.15) is 5.75 Å². The molecule has 2 aliphatic heterocycles. The molecule has 7 nitrogen and oxygen atoms in total. The summed E-state index contributed by atoms with van der Waals surface area (Å²) in [5.41, 5.74) is 3.06. The molecule has 1 amide bonds. The molecule has 0 aliphatic carbocycles. The first-order chi connectivity index (χ1) is 17.4. The summed E-state index contributed by atoms with van der Waals surface area (Å²) in [6.45, 7) is 6.99. The van der Waals surface area contributed by atoms with Gasteiger partial charge in [0.2, 0.25) is 5.91 Å². The van der Waals surface area contributed by atoms with E-state index in [9.17, 15) is 4.79 Å². The number of methoxy groups -OCH3 is 3. The summed E-state index contributed by atoms with van der Waals surface area (Å²) in [7, 11) is 4.59. The number of nitrogens with one attached hydrogen (secondary N) is 2. The van der Waals surface area contributed by atoms with E-state index in [4.69, 9.17) is 14.2 Å². The zero-order valence-electron chi connectivity index (χ0n) is 21.9. The van der Waals surface area contributed by atoms with Gasteiger partial charge in [0.05, 0.1) is 27.2 Å². The molecule has 2 heterocycles. The first-order valence-corrected chi connectivity index (χ1v) is 12.8. The average molecular weight is 500 g/mol. The first kappa shape index (κ1) is 26.1. The van der Waals surface area contributed by atoms with Crippen molar-refractivity contribution in [2.45, 2.75) is 51.5 Å². The fraction of sp³-hybridized carbons (Fsp3) is 0.536. The van der Waals surface area contributed by atoms with Gasteiger partial charge in [-0.25, -0.2) is 4.39 Å². The van der Waals surface area contributed by atoms with Crippen molar-refractivity contribution < 1.29 is 23.4 Å². The predicted octanol–water partition coefficient (Wildman–Crippen LogP) is 5.05. The quantitative estimate of drug-likeness (QED) is 0.555. The molecule has 2 N–H and O–H groups in total. The van der Waals surface area contributed by atoms with Gasteiger partial charge in [-0.1, -0.05) is 0 Å². The summed E-state index contributed by atoms with van der Waals surface area (Å²) in [5, 5.41) is 6.34. The number of benzene rings is 2. The lowest BCUT2D eigenvalue weighted by atomic mass is 9.88. The van der Waals surface area contributed by atoms with Gasteiger partial charge in [-0.3, -0.25) is 4.79 Å². The molecule has 8 heteroatoms. The van der Waals surface area contributed by atoms with Crippen LogP contribution in [0.5, 0.6) is 17.2 Å². The Bertz CT molecular complexity index is 1080. The Hall–Kier alpha value is -3.00. The Morgan fingerprint density at radius 3 is 2.42 bits per heavy atom. The molecule has 4 rings (SSSR count). The Kier molecular flexibility index (Phi) is 8.24. The first-order valence-electron chi connectivity index (χ1n) is 12.8. The number of likely N-dealkylation sites (tertiary alicyclic amines) is 1.